The summed E-state index contributed by atoms with van der Waals surface area (Å²) < 4.78 is 37.2. The zero-order chi connectivity index (χ0) is 16.4. The topological polar surface area (TPSA) is 32.3 Å². The molecule has 3 nitrogen and oxygen atoms in total. The maximum absolute atomic E-state index is 12.4. The number of rotatable bonds is 3. The number of nitrogens with zero attached hydrogens (tertiary/aromatic N) is 1. The lowest BCUT2D eigenvalue weighted by Gasteiger charge is -2.18. The molecule has 3 rings (SSSR count). The Morgan fingerprint density at radius 1 is 1.30 bits per heavy atom. The summed E-state index contributed by atoms with van der Waals surface area (Å²) in [4.78, 5) is 15.7. The van der Waals surface area contributed by atoms with Crippen molar-refractivity contribution in [2.75, 3.05) is 19.6 Å². The number of amides is 1. The van der Waals surface area contributed by atoms with Crippen LogP contribution in [0.3, 0.4) is 0 Å². The van der Waals surface area contributed by atoms with Crippen molar-refractivity contribution in [1.82, 2.24) is 10.2 Å². The highest BCUT2D eigenvalue weighted by Gasteiger charge is 2.34. The number of thiophene rings is 1. The number of halogens is 3. The van der Waals surface area contributed by atoms with Gasteiger partial charge in [0.2, 0.25) is 0 Å². The Labute approximate surface area is 137 Å². The predicted octanol–water partition coefficient (Wildman–Crippen LogP) is 3.38. The van der Waals surface area contributed by atoms with Crippen molar-refractivity contribution in [3.8, 4) is 0 Å². The third-order valence-corrected chi connectivity index (χ3v) is 5.72. The second-order valence-electron chi connectivity index (χ2n) is 6.43. The van der Waals surface area contributed by atoms with E-state index in [9.17, 15) is 18.0 Å². The van der Waals surface area contributed by atoms with E-state index < -0.39 is 12.7 Å². The molecule has 2 aliphatic rings. The van der Waals surface area contributed by atoms with E-state index in [1.54, 1.807) is 11.3 Å². The molecule has 128 valence electrons. The molecule has 0 radical (unpaired) electrons. The highest BCUT2D eigenvalue weighted by atomic mass is 32.1. The van der Waals surface area contributed by atoms with Gasteiger partial charge in [-0.1, -0.05) is 6.42 Å². The smallest absolute Gasteiger partial charge is 0.347 e. The molecule has 0 saturated carbocycles. The molecule has 1 aliphatic carbocycles. The van der Waals surface area contributed by atoms with Crippen molar-refractivity contribution in [2.45, 2.75) is 50.7 Å². The molecule has 0 aromatic carbocycles. The molecule has 1 aromatic heterocycles. The molecule has 1 fully saturated rings. The Hall–Kier alpha value is -1.08. The van der Waals surface area contributed by atoms with Gasteiger partial charge in [-0.2, -0.15) is 13.2 Å². The van der Waals surface area contributed by atoms with Crippen LogP contribution in [-0.4, -0.2) is 42.7 Å². The lowest BCUT2D eigenvalue weighted by molar-refractivity contribution is -0.143. The molecular formula is C16H21F3N2OS. The largest absolute Gasteiger partial charge is 0.401 e. The van der Waals surface area contributed by atoms with Gasteiger partial charge in [-0.25, -0.2) is 0 Å². The minimum absolute atomic E-state index is 0.137. The van der Waals surface area contributed by atoms with Crippen LogP contribution >= 0.6 is 11.3 Å². The van der Waals surface area contributed by atoms with E-state index >= 15 is 0 Å². The van der Waals surface area contributed by atoms with Gasteiger partial charge >= 0.3 is 6.18 Å². The normalized spacial score (nSPS) is 22.7. The van der Waals surface area contributed by atoms with E-state index in [0.717, 1.165) is 12.8 Å². The lowest BCUT2D eigenvalue weighted by Crippen LogP contribution is -2.39. The number of carbonyl (C=O) groups is 1. The summed E-state index contributed by atoms with van der Waals surface area (Å²) in [7, 11) is 0. The second kappa shape index (κ2) is 6.81. The van der Waals surface area contributed by atoms with E-state index in [-0.39, 0.29) is 18.5 Å². The molecular weight excluding hydrogens is 325 g/mol. The van der Waals surface area contributed by atoms with E-state index in [1.165, 1.54) is 34.6 Å². The fraction of sp³-hybridized carbons (Fsp3) is 0.688. The number of likely N-dealkylation sites (tertiary alicyclic amines) is 1. The maximum Gasteiger partial charge on any atom is 0.401 e. The van der Waals surface area contributed by atoms with Crippen LogP contribution in [0.2, 0.25) is 0 Å². The van der Waals surface area contributed by atoms with Crippen LogP contribution in [0, 0.1) is 0 Å². The SMILES string of the molecule is O=C(N[C@H]1CCN(CC(F)(F)F)C1)c1cc2c(s1)CCCCC2. The molecule has 1 saturated heterocycles. The lowest BCUT2D eigenvalue weighted by atomic mass is 10.1. The first kappa shape index (κ1) is 16.8. The number of aryl methyl sites for hydroxylation is 2. The van der Waals surface area contributed by atoms with Crippen molar-refractivity contribution >= 4 is 17.2 Å². The molecule has 1 amide bonds. The fourth-order valence-electron chi connectivity index (χ4n) is 3.38. The zero-order valence-corrected chi connectivity index (χ0v) is 13.7. The van der Waals surface area contributed by atoms with Gasteiger partial charge < -0.3 is 5.32 Å². The molecule has 0 bridgehead atoms. The van der Waals surface area contributed by atoms with Gasteiger partial charge in [0.25, 0.3) is 5.91 Å². The van der Waals surface area contributed by atoms with Gasteiger partial charge in [0.1, 0.15) is 0 Å². The standard InChI is InChI=1S/C16H21F3N2OS/c17-16(18,19)10-21-7-6-12(9-21)20-15(22)14-8-11-4-2-1-3-5-13(11)23-14/h8,12H,1-7,9-10H2,(H,20,22)/t12-/m0/s1. The van der Waals surface area contributed by atoms with Crippen molar-refractivity contribution < 1.29 is 18.0 Å². The molecule has 0 spiro atoms. The second-order valence-corrected chi connectivity index (χ2v) is 7.57. The van der Waals surface area contributed by atoms with Crippen LogP contribution in [-0.2, 0) is 12.8 Å². The Morgan fingerprint density at radius 2 is 2.09 bits per heavy atom. The number of alkyl halides is 3. The van der Waals surface area contributed by atoms with Crippen molar-refractivity contribution in [3.63, 3.8) is 0 Å². The van der Waals surface area contributed by atoms with Crippen molar-refractivity contribution in [3.05, 3.63) is 21.4 Å². The van der Waals surface area contributed by atoms with Gasteiger partial charge in [0.15, 0.2) is 0 Å². The van der Waals surface area contributed by atoms with Crippen LogP contribution in [0.25, 0.3) is 0 Å². The predicted molar refractivity (Wildman–Crippen MR) is 83.9 cm³/mol. The Kier molecular flexibility index (Phi) is 4.96. The first-order valence-corrected chi connectivity index (χ1v) is 8.94. The number of fused-ring (bicyclic) bond motifs is 1. The third kappa shape index (κ3) is 4.47. The van der Waals surface area contributed by atoms with Gasteiger partial charge in [-0.05, 0) is 43.7 Å². The van der Waals surface area contributed by atoms with Crippen molar-refractivity contribution in [2.24, 2.45) is 0 Å². The summed E-state index contributed by atoms with van der Waals surface area (Å²) in [5.74, 6) is -0.137. The Balaban J connectivity index is 1.56. The molecule has 1 N–H and O–H groups in total. The summed E-state index contributed by atoms with van der Waals surface area (Å²) in [5.41, 5.74) is 1.28. The highest BCUT2D eigenvalue weighted by Crippen LogP contribution is 2.29. The van der Waals surface area contributed by atoms with E-state index in [4.69, 9.17) is 0 Å². The molecule has 1 aromatic rings. The zero-order valence-electron chi connectivity index (χ0n) is 12.9. The van der Waals surface area contributed by atoms with Crippen LogP contribution < -0.4 is 5.32 Å². The number of hydrogen-bond donors (Lipinski definition) is 1. The van der Waals surface area contributed by atoms with Gasteiger partial charge in [-0.3, -0.25) is 9.69 Å². The van der Waals surface area contributed by atoms with E-state index in [2.05, 4.69) is 5.32 Å². The highest BCUT2D eigenvalue weighted by molar-refractivity contribution is 7.14. The van der Waals surface area contributed by atoms with Crippen LogP contribution in [0.15, 0.2) is 6.07 Å². The van der Waals surface area contributed by atoms with Crippen molar-refractivity contribution in [1.29, 1.82) is 0 Å². The average Bonchev–Trinajstić information content (AvgIpc) is 2.99. The monoisotopic (exact) mass is 346 g/mol. The minimum Gasteiger partial charge on any atom is -0.347 e. The van der Waals surface area contributed by atoms with Gasteiger partial charge in [0.05, 0.1) is 11.4 Å². The van der Waals surface area contributed by atoms with Gasteiger partial charge in [0, 0.05) is 24.0 Å². The van der Waals surface area contributed by atoms with E-state index in [0.29, 0.717) is 17.8 Å². The van der Waals surface area contributed by atoms with Crippen LogP contribution in [0.1, 0.15) is 45.8 Å². The minimum atomic E-state index is -4.18. The maximum atomic E-state index is 12.4. The van der Waals surface area contributed by atoms with Crippen LogP contribution in [0.5, 0.6) is 0 Å². The molecule has 7 heteroatoms. The summed E-state index contributed by atoms with van der Waals surface area (Å²) in [6.07, 6.45) is 2.04. The summed E-state index contributed by atoms with van der Waals surface area (Å²) in [5, 5.41) is 2.90. The van der Waals surface area contributed by atoms with Gasteiger partial charge in [-0.15, -0.1) is 11.3 Å². The first-order chi connectivity index (χ1) is 10.9. The summed E-state index contributed by atoms with van der Waals surface area (Å²) in [6, 6.07) is 1.79. The quantitative estimate of drug-likeness (QED) is 0.851. The Morgan fingerprint density at radius 3 is 2.87 bits per heavy atom. The van der Waals surface area contributed by atoms with E-state index in [1.807, 2.05) is 6.07 Å². The molecule has 1 atom stereocenters. The van der Waals surface area contributed by atoms with Crippen LogP contribution in [0.4, 0.5) is 13.2 Å². The molecule has 0 unspecified atom stereocenters. The number of carbonyl (C=O) groups excluding carboxylic acids is 1. The fourth-order valence-corrected chi connectivity index (χ4v) is 4.54. The average molecular weight is 346 g/mol. The summed E-state index contributed by atoms with van der Waals surface area (Å²) in [6.45, 7) is -0.242. The number of hydrogen-bond acceptors (Lipinski definition) is 3. The summed E-state index contributed by atoms with van der Waals surface area (Å²) >= 11 is 1.55. The molecule has 2 heterocycles. The molecule has 23 heavy (non-hydrogen) atoms. The number of nitrogens with one attached hydrogen (secondary N) is 1. The Bertz CT molecular complexity index is 547. The molecule has 1 aliphatic heterocycles. The third-order valence-electron chi connectivity index (χ3n) is 4.48. The first-order valence-electron chi connectivity index (χ1n) is 8.12.